The summed E-state index contributed by atoms with van der Waals surface area (Å²) in [4.78, 5) is 14.8. The lowest BCUT2D eigenvalue weighted by Crippen LogP contribution is -2.45. The minimum absolute atomic E-state index is 0.145. The average Bonchev–Trinajstić information content (AvgIpc) is 2.67. The molecule has 2 aromatic carbocycles. The minimum Gasteiger partial charge on any atom is -0.341 e. The van der Waals surface area contributed by atoms with Crippen molar-refractivity contribution in [3.8, 4) is 0 Å². The fourth-order valence-electron chi connectivity index (χ4n) is 3.35. The van der Waals surface area contributed by atoms with Gasteiger partial charge in [0.25, 0.3) is 10.0 Å². The number of para-hydroxylation sites is 1. The number of carbonyl (C=O) groups excluding carboxylic acids is 1. The number of piperidine rings is 1. The summed E-state index contributed by atoms with van der Waals surface area (Å²) in [5, 5.41) is 0. The van der Waals surface area contributed by atoms with Gasteiger partial charge < -0.3 is 4.90 Å². The van der Waals surface area contributed by atoms with E-state index in [1.165, 1.54) is 4.31 Å². The Labute approximate surface area is 161 Å². The van der Waals surface area contributed by atoms with E-state index < -0.39 is 10.0 Å². The van der Waals surface area contributed by atoms with Crippen LogP contribution in [0.3, 0.4) is 0 Å². The number of rotatable bonds is 5. The van der Waals surface area contributed by atoms with E-state index in [4.69, 9.17) is 0 Å². The molecule has 27 heavy (non-hydrogen) atoms. The van der Waals surface area contributed by atoms with Crippen LogP contribution in [0.1, 0.15) is 30.4 Å². The number of benzene rings is 2. The van der Waals surface area contributed by atoms with Crippen molar-refractivity contribution < 1.29 is 13.2 Å². The number of carbonyl (C=O) groups is 1. The summed E-state index contributed by atoms with van der Waals surface area (Å²) in [6.45, 7) is 4.99. The van der Waals surface area contributed by atoms with Gasteiger partial charge in [-0.05, 0) is 56.9 Å². The summed E-state index contributed by atoms with van der Waals surface area (Å²) < 4.78 is 28.0. The lowest BCUT2D eigenvalue weighted by molar-refractivity contribution is -0.130. The second kappa shape index (κ2) is 8.13. The maximum Gasteiger partial charge on any atom is 0.264 e. The lowest BCUT2D eigenvalue weighted by atomic mass is 10.1. The predicted octanol–water partition coefficient (Wildman–Crippen LogP) is 3.51. The Hall–Kier alpha value is -2.34. The first-order chi connectivity index (χ1) is 12.9. The van der Waals surface area contributed by atoms with Crippen molar-refractivity contribution in [3.63, 3.8) is 0 Å². The summed E-state index contributed by atoms with van der Waals surface area (Å²) in [5.74, 6) is -0.145. The third kappa shape index (κ3) is 4.33. The molecule has 1 heterocycles. The van der Waals surface area contributed by atoms with Crippen molar-refractivity contribution in [2.24, 2.45) is 0 Å². The Kier molecular flexibility index (Phi) is 5.85. The van der Waals surface area contributed by atoms with Crippen LogP contribution in [0, 0.1) is 13.8 Å². The number of nitrogens with zero attached hydrogens (tertiary/aromatic N) is 2. The van der Waals surface area contributed by atoms with Gasteiger partial charge in [0.1, 0.15) is 6.54 Å². The molecule has 0 saturated carbocycles. The van der Waals surface area contributed by atoms with Gasteiger partial charge in [-0.3, -0.25) is 9.10 Å². The Bertz CT molecular complexity index is 901. The van der Waals surface area contributed by atoms with Crippen LogP contribution >= 0.6 is 0 Å². The van der Waals surface area contributed by atoms with Crippen molar-refractivity contribution in [2.45, 2.75) is 38.0 Å². The molecule has 0 atom stereocenters. The van der Waals surface area contributed by atoms with Crippen molar-refractivity contribution in [3.05, 3.63) is 59.7 Å². The van der Waals surface area contributed by atoms with E-state index in [9.17, 15) is 13.2 Å². The number of aryl methyl sites for hydroxylation is 2. The molecule has 0 aromatic heterocycles. The smallest absolute Gasteiger partial charge is 0.264 e. The van der Waals surface area contributed by atoms with E-state index in [1.54, 1.807) is 41.3 Å². The van der Waals surface area contributed by atoms with Gasteiger partial charge in [0.15, 0.2) is 0 Å². The van der Waals surface area contributed by atoms with E-state index in [0.29, 0.717) is 18.8 Å². The maximum atomic E-state index is 13.4. The third-order valence-electron chi connectivity index (χ3n) is 4.98. The minimum atomic E-state index is -3.84. The van der Waals surface area contributed by atoms with E-state index >= 15 is 0 Å². The highest BCUT2D eigenvalue weighted by Gasteiger charge is 2.30. The SMILES string of the molecule is Cc1ccc(S(=O)(=O)N(CC(=O)N2CCCCC2)c2ccccc2C)cc1. The highest BCUT2D eigenvalue weighted by atomic mass is 32.2. The molecule has 1 amide bonds. The molecule has 3 rings (SSSR count). The van der Waals surface area contributed by atoms with Crippen LogP contribution in [0.2, 0.25) is 0 Å². The Morgan fingerprint density at radius 2 is 1.59 bits per heavy atom. The Balaban J connectivity index is 1.98. The number of hydrogen-bond donors (Lipinski definition) is 0. The summed E-state index contributed by atoms with van der Waals surface area (Å²) >= 11 is 0. The number of sulfonamides is 1. The van der Waals surface area contributed by atoms with E-state index in [-0.39, 0.29) is 17.3 Å². The van der Waals surface area contributed by atoms with Crippen molar-refractivity contribution >= 4 is 21.6 Å². The summed E-state index contributed by atoms with van der Waals surface area (Å²) in [6.07, 6.45) is 3.06. The molecule has 5 nitrogen and oxygen atoms in total. The zero-order chi connectivity index (χ0) is 19.4. The van der Waals surface area contributed by atoms with Crippen LogP contribution in [0.15, 0.2) is 53.4 Å². The summed E-state index contributed by atoms with van der Waals surface area (Å²) in [5.41, 5.74) is 2.35. The molecular weight excluding hydrogens is 360 g/mol. The molecular formula is C21H26N2O3S. The zero-order valence-corrected chi connectivity index (χ0v) is 16.7. The van der Waals surface area contributed by atoms with Gasteiger partial charge >= 0.3 is 0 Å². The Morgan fingerprint density at radius 1 is 0.963 bits per heavy atom. The van der Waals surface area contributed by atoms with Gasteiger partial charge in [0.2, 0.25) is 5.91 Å². The normalized spacial score (nSPS) is 14.8. The first-order valence-electron chi connectivity index (χ1n) is 9.32. The fraction of sp³-hybridized carbons (Fsp3) is 0.381. The van der Waals surface area contributed by atoms with Gasteiger partial charge in [0.05, 0.1) is 10.6 Å². The van der Waals surface area contributed by atoms with Crippen LogP contribution in [0.4, 0.5) is 5.69 Å². The lowest BCUT2D eigenvalue weighted by Gasteiger charge is -2.31. The third-order valence-corrected chi connectivity index (χ3v) is 6.75. The van der Waals surface area contributed by atoms with Crippen LogP contribution in [0.5, 0.6) is 0 Å². The molecule has 144 valence electrons. The van der Waals surface area contributed by atoms with Gasteiger partial charge in [-0.1, -0.05) is 35.9 Å². The van der Waals surface area contributed by atoms with E-state index in [1.807, 2.05) is 26.0 Å². The molecule has 6 heteroatoms. The molecule has 1 aliphatic heterocycles. The zero-order valence-electron chi connectivity index (χ0n) is 15.9. The summed E-state index contributed by atoms with van der Waals surface area (Å²) in [6, 6.07) is 14.0. The number of amides is 1. The molecule has 0 unspecified atom stereocenters. The highest BCUT2D eigenvalue weighted by molar-refractivity contribution is 7.92. The van der Waals surface area contributed by atoms with Gasteiger partial charge in [-0.25, -0.2) is 8.42 Å². The summed E-state index contributed by atoms with van der Waals surface area (Å²) in [7, 11) is -3.84. The molecule has 0 spiro atoms. The second-order valence-corrected chi connectivity index (χ2v) is 8.91. The molecule has 1 saturated heterocycles. The monoisotopic (exact) mass is 386 g/mol. The van der Waals surface area contributed by atoms with Crippen LogP contribution < -0.4 is 4.31 Å². The van der Waals surface area contributed by atoms with E-state index in [2.05, 4.69) is 0 Å². The molecule has 0 radical (unpaired) electrons. The first-order valence-corrected chi connectivity index (χ1v) is 10.8. The topological polar surface area (TPSA) is 57.7 Å². The number of likely N-dealkylation sites (tertiary alicyclic amines) is 1. The highest BCUT2D eigenvalue weighted by Crippen LogP contribution is 2.27. The van der Waals surface area contributed by atoms with Crippen molar-refractivity contribution in [1.82, 2.24) is 4.90 Å². The van der Waals surface area contributed by atoms with Crippen LogP contribution in [-0.2, 0) is 14.8 Å². The fourth-order valence-corrected chi connectivity index (χ4v) is 4.83. The van der Waals surface area contributed by atoms with Gasteiger partial charge in [-0.2, -0.15) is 0 Å². The standard InChI is InChI=1S/C21H26N2O3S/c1-17-10-12-19(13-11-17)27(25,26)23(20-9-5-4-8-18(20)2)16-21(24)22-14-6-3-7-15-22/h4-5,8-13H,3,6-7,14-16H2,1-2H3. The number of hydrogen-bond acceptors (Lipinski definition) is 3. The van der Waals surface area contributed by atoms with Gasteiger partial charge in [-0.15, -0.1) is 0 Å². The van der Waals surface area contributed by atoms with Gasteiger partial charge in [0, 0.05) is 13.1 Å². The molecule has 0 aliphatic carbocycles. The first kappa shape index (κ1) is 19.4. The average molecular weight is 387 g/mol. The Morgan fingerprint density at radius 3 is 2.22 bits per heavy atom. The van der Waals surface area contributed by atoms with Crippen LogP contribution in [-0.4, -0.2) is 38.9 Å². The van der Waals surface area contributed by atoms with E-state index in [0.717, 1.165) is 30.4 Å². The van der Waals surface area contributed by atoms with Crippen LogP contribution in [0.25, 0.3) is 0 Å². The largest absolute Gasteiger partial charge is 0.341 e. The molecule has 2 aromatic rings. The molecule has 1 aliphatic rings. The predicted molar refractivity (Wildman–Crippen MR) is 107 cm³/mol. The van der Waals surface area contributed by atoms with Crippen molar-refractivity contribution in [2.75, 3.05) is 23.9 Å². The van der Waals surface area contributed by atoms with Crippen molar-refractivity contribution in [1.29, 1.82) is 0 Å². The number of anilines is 1. The maximum absolute atomic E-state index is 13.4. The molecule has 0 N–H and O–H groups in total. The second-order valence-electron chi connectivity index (χ2n) is 7.05. The molecule has 0 bridgehead atoms. The molecule has 1 fully saturated rings. The quantitative estimate of drug-likeness (QED) is 0.790.